The second kappa shape index (κ2) is 21.9. The van der Waals surface area contributed by atoms with Crippen LogP contribution in [0.1, 0.15) is 79.7 Å². The summed E-state index contributed by atoms with van der Waals surface area (Å²) in [6, 6.07) is 7.94. The fourth-order valence-corrected chi connectivity index (χ4v) is 8.88. The normalized spacial score (nSPS) is 20.4. The van der Waals surface area contributed by atoms with Crippen LogP contribution in [0.4, 0.5) is 0 Å². The minimum atomic E-state index is -0.749. The molecule has 9 atom stereocenters. The van der Waals surface area contributed by atoms with Gasteiger partial charge in [0.05, 0.1) is 53.8 Å². The molecule has 0 radical (unpaired) electrons. The van der Waals surface area contributed by atoms with Crippen molar-refractivity contribution in [3.63, 3.8) is 0 Å². The second-order valence-corrected chi connectivity index (χ2v) is 16.8. The van der Waals surface area contributed by atoms with Gasteiger partial charge in [-0.05, 0) is 49.6 Å². The maximum Gasteiger partial charge on any atom is 0.245 e. The van der Waals surface area contributed by atoms with Gasteiger partial charge in [-0.2, -0.15) is 0 Å². The van der Waals surface area contributed by atoms with Crippen molar-refractivity contribution in [2.24, 2.45) is 28.7 Å². The van der Waals surface area contributed by atoms with Crippen LogP contribution in [0, 0.1) is 23.7 Å². The van der Waals surface area contributed by atoms with E-state index in [-0.39, 0.29) is 59.9 Å². The molecule has 1 aromatic carbocycles. The molecule has 0 aliphatic carbocycles. The fourth-order valence-electron chi connectivity index (χ4n) is 7.96. The SMILES string of the molecule is CC[C@H](C)[C@@H]([C@@H](CC(=O)N1CCC[C@H]1[C@H](OC)[C@@H](C)C(=O)N[C@@H](Cc1ccccc1)C1=NCCS1)OC)N(C)C(=O)[C@@H](NC(=O)[C@@H](NC)C(C)C)C(C)C. The Morgan fingerprint density at radius 2 is 1.63 bits per heavy atom. The van der Waals surface area contributed by atoms with E-state index in [1.54, 1.807) is 45.0 Å². The average molecular weight is 773 g/mol. The van der Waals surface area contributed by atoms with E-state index in [1.807, 2.05) is 57.7 Å². The molecule has 2 heterocycles. The van der Waals surface area contributed by atoms with Crippen LogP contribution in [-0.4, -0.2) is 128 Å². The highest BCUT2D eigenvalue weighted by atomic mass is 32.2. The predicted octanol–water partition coefficient (Wildman–Crippen LogP) is 4.16. The maximum absolute atomic E-state index is 14.3. The van der Waals surface area contributed by atoms with E-state index in [4.69, 9.17) is 9.47 Å². The highest BCUT2D eigenvalue weighted by Gasteiger charge is 2.43. The third-order valence-corrected chi connectivity index (χ3v) is 12.4. The van der Waals surface area contributed by atoms with Gasteiger partial charge < -0.3 is 35.2 Å². The standard InChI is InChI=1S/C41H68N6O6S/c1-12-27(6)36(46(9)41(51)35(26(4)5)45-39(50)34(42-8)25(2)3)32(52-10)24-33(48)47-21-16-19-31(47)37(53-11)28(7)38(49)44-30(40-43-20-22-54-40)23-29-17-14-13-15-18-29/h13-15,17-18,25-28,30-32,34-37,42H,12,16,19-24H2,1-11H3,(H,44,49)(H,45,50)/t27-,28+,30-,31-,32+,34-,35-,36-,37+/m0/s1. The molecule has 1 aromatic rings. The van der Waals surface area contributed by atoms with Crippen molar-refractivity contribution in [3.8, 4) is 0 Å². The average Bonchev–Trinajstić information content (AvgIpc) is 3.87. The van der Waals surface area contributed by atoms with Crippen molar-refractivity contribution in [2.45, 2.75) is 123 Å². The molecule has 0 aromatic heterocycles. The van der Waals surface area contributed by atoms with Gasteiger partial charge in [-0.3, -0.25) is 24.2 Å². The van der Waals surface area contributed by atoms with E-state index in [9.17, 15) is 19.2 Å². The number of methoxy groups -OCH3 is 2. The molecule has 2 aliphatic heterocycles. The molecule has 3 rings (SSSR count). The first-order chi connectivity index (χ1) is 25.7. The molecule has 0 spiro atoms. The van der Waals surface area contributed by atoms with Gasteiger partial charge in [-0.25, -0.2) is 0 Å². The largest absolute Gasteiger partial charge is 0.379 e. The number of benzene rings is 1. The molecule has 12 nitrogen and oxygen atoms in total. The molecule has 1 fully saturated rings. The number of likely N-dealkylation sites (tertiary alicyclic amines) is 1. The topological polar surface area (TPSA) is 142 Å². The summed E-state index contributed by atoms with van der Waals surface area (Å²) < 4.78 is 12.1. The molecule has 0 bridgehead atoms. The third kappa shape index (κ3) is 11.8. The van der Waals surface area contributed by atoms with Crippen molar-refractivity contribution < 1.29 is 28.7 Å². The number of hydrogen-bond donors (Lipinski definition) is 3. The van der Waals surface area contributed by atoms with Crippen molar-refractivity contribution in [1.82, 2.24) is 25.8 Å². The maximum atomic E-state index is 14.3. The van der Waals surface area contributed by atoms with Gasteiger partial charge in [0.2, 0.25) is 23.6 Å². The number of nitrogens with one attached hydrogen (secondary N) is 3. The number of carbonyl (C=O) groups excluding carboxylic acids is 4. The number of ether oxygens (including phenoxy) is 2. The van der Waals surface area contributed by atoms with Gasteiger partial charge >= 0.3 is 0 Å². The first-order valence-corrected chi connectivity index (χ1v) is 20.8. The Bertz CT molecular complexity index is 1400. The van der Waals surface area contributed by atoms with Crippen LogP contribution in [0.25, 0.3) is 0 Å². The Balaban J connectivity index is 1.78. The van der Waals surface area contributed by atoms with Crippen LogP contribution in [0.15, 0.2) is 35.3 Å². The van der Waals surface area contributed by atoms with E-state index in [1.165, 1.54) is 0 Å². The van der Waals surface area contributed by atoms with Gasteiger partial charge in [0.25, 0.3) is 0 Å². The van der Waals surface area contributed by atoms with Crippen molar-refractivity contribution in [2.75, 3.05) is 47.2 Å². The highest BCUT2D eigenvalue weighted by molar-refractivity contribution is 8.14. The lowest BCUT2D eigenvalue weighted by Gasteiger charge is -2.41. The summed E-state index contributed by atoms with van der Waals surface area (Å²) in [7, 11) is 6.68. The van der Waals surface area contributed by atoms with Crippen molar-refractivity contribution >= 4 is 40.4 Å². The fraction of sp³-hybridized carbons (Fsp3) is 0.732. The summed E-state index contributed by atoms with van der Waals surface area (Å²) in [4.78, 5) is 63.8. The number of amides is 4. The number of carbonyl (C=O) groups is 4. The summed E-state index contributed by atoms with van der Waals surface area (Å²) in [6.45, 7) is 15.0. The summed E-state index contributed by atoms with van der Waals surface area (Å²) in [5.41, 5.74) is 1.12. The van der Waals surface area contributed by atoms with Crippen LogP contribution in [-0.2, 0) is 35.1 Å². The van der Waals surface area contributed by atoms with E-state index >= 15 is 0 Å². The second-order valence-electron chi connectivity index (χ2n) is 15.6. The number of likely N-dealkylation sites (N-methyl/N-ethyl adjacent to an activating group) is 2. The molecule has 54 heavy (non-hydrogen) atoms. The molecule has 0 unspecified atom stereocenters. The van der Waals surface area contributed by atoms with Crippen LogP contribution in [0.3, 0.4) is 0 Å². The smallest absolute Gasteiger partial charge is 0.245 e. The van der Waals surface area contributed by atoms with Crippen LogP contribution in [0.5, 0.6) is 0 Å². The van der Waals surface area contributed by atoms with Crippen molar-refractivity contribution in [1.29, 1.82) is 0 Å². The van der Waals surface area contributed by atoms with Crippen LogP contribution in [0.2, 0.25) is 0 Å². The Hall–Kier alpha value is -3.00. The van der Waals surface area contributed by atoms with Crippen LogP contribution < -0.4 is 16.0 Å². The lowest BCUT2D eigenvalue weighted by atomic mass is 9.89. The van der Waals surface area contributed by atoms with E-state index in [0.717, 1.165) is 35.7 Å². The zero-order valence-electron chi connectivity index (χ0n) is 34.6. The molecule has 3 N–H and O–H groups in total. The minimum Gasteiger partial charge on any atom is -0.379 e. The van der Waals surface area contributed by atoms with E-state index < -0.39 is 36.3 Å². The predicted molar refractivity (Wildman–Crippen MR) is 217 cm³/mol. The molecule has 4 amide bonds. The monoisotopic (exact) mass is 772 g/mol. The van der Waals surface area contributed by atoms with E-state index in [2.05, 4.69) is 46.9 Å². The Morgan fingerprint density at radius 1 is 0.963 bits per heavy atom. The summed E-state index contributed by atoms with van der Waals surface area (Å²) in [5.74, 6) is -0.433. The van der Waals surface area contributed by atoms with Crippen LogP contribution >= 0.6 is 11.8 Å². The number of aliphatic imine (C=N–C) groups is 1. The molecule has 2 aliphatic rings. The number of thioether (sulfide) groups is 1. The molecule has 0 saturated carbocycles. The number of hydrogen-bond acceptors (Lipinski definition) is 9. The Labute approximate surface area is 328 Å². The van der Waals surface area contributed by atoms with Crippen molar-refractivity contribution in [3.05, 3.63) is 35.9 Å². The summed E-state index contributed by atoms with van der Waals surface area (Å²) >= 11 is 1.69. The zero-order valence-corrected chi connectivity index (χ0v) is 35.4. The first kappa shape index (κ1) is 45.4. The molecule has 304 valence electrons. The minimum absolute atomic E-state index is 0.00258. The Kier molecular flexibility index (Phi) is 18.4. The molecule has 13 heteroatoms. The lowest BCUT2D eigenvalue weighted by molar-refractivity contribution is -0.147. The molecular formula is C41H68N6O6S. The number of rotatable bonds is 21. The quantitative estimate of drug-likeness (QED) is 0.169. The number of nitrogens with zero attached hydrogens (tertiary/aromatic N) is 3. The first-order valence-electron chi connectivity index (χ1n) is 19.8. The van der Waals surface area contributed by atoms with E-state index in [0.29, 0.717) is 19.4 Å². The lowest BCUT2D eigenvalue weighted by Crippen LogP contribution is -2.59. The molecule has 1 saturated heterocycles. The summed E-state index contributed by atoms with van der Waals surface area (Å²) in [5, 5.41) is 10.3. The van der Waals surface area contributed by atoms with Gasteiger partial charge in [0.1, 0.15) is 6.04 Å². The molecular weight excluding hydrogens is 705 g/mol. The van der Waals surface area contributed by atoms with Gasteiger partial charge in [-0.15, -0.1) is 11.8 Å². The zero-order chi connectivity index (χ0) is 40.1. The highest BCUT2D eigenvalue weighted by Crippen LogP contribution is 2.30. The van der Waals surface area contributed by atoms with Gasteiger partial charge in [-0.1, -0.05) is 85.2 Å². The van der Waals surface area contributed by atoms with Gasteiger partial charge in [0, 0.05) is 40.1 Å². The summed E-state index contributed by atoms with van der Waals surface area (Å²) in [6.07, 6.45) is 1.83. The van der Waals surface area contributed by atoms with Gasteiger partial charge in [0.15, 0.2) is 0 Å². The Morgan fingerprint density at radius 3 is 2.17 bits per heavy atom. The third-order valence-electron chi connectivity index (χ3n) is 11.3.